The molecule has 0 saturated heterocycles. The highest BCUT2D eigenvalue weighted by Crippen LogP contribution is 2.48. The number of alkyl halides is 12. The third kappa shape index (κ3) is 6.28. The molecule has 0 saturated carbocycles. The zero-order valence-electron chi connectivity index (χ0n) is 14.0. The molecule has 0 aliphatic carbocycles. The lowest BCUT2D eigenvalue weighted by Gasteiger charge is -2.29. The van der Waals surface area contributed by atoms with Gasteiger partial charge in [-0.15, -0.1) is 0 Å². The first kappa shape index (κ1) is 27.6. The molecule has 29 heavy (non-hydrogen) atoms. The van der Waals surface area contributed by atoms with Crippen molar-refractivity contribution in [3.05, 3.63) is 0 Å². The van der Waals surface area contributed by atoms with Crippen LogP contribution in [0.25, 0.3) is 0 Å². The molecule has 0 heterocycles. The number of sulfone groups is 1. The molecule has 1 atom stereocenters. The molecule has 0 radical (unpaired) electrons. The number of ether oxygens (including phenoxy) is 1. The fourth-order valence-electron chi connectivity index (χ4n) is 1.81. The Hall–Kier alpha value is -1.42. The summed E-state index contributed by atoms with van der Waals surface area (Å²) in [6.45, 7) is 0. The molecule has 0 fully saturated rings. The number of carbonyl (C=O) groups excluding carboxylic acids is 1. The first-order valence-corrected chi connectivity index (χ1v) is 8.81. The summed E-state index contributed by atoms with van der Waals surface area (Å²) >= 11 is 0. The van der Waals surface area contributed by atoms with Crippen molar-refractivity contribution in [2.24, 2.45) is 0 Å². The van der Waals surface area contributed by atoms with E-state index in [4.69, 9.17) is 0 Å². The van der Waals surface area contributed by atoms with Crippen molar-refractivity contribution in [1.82, 2.24) is 0 Å². The van der Waals surface area contributed by atoms with E-state index in [0.717, 1.165) is 0 Å². The second kappa shape index (κ2) is 8.37. The molecule has 17 heteroatoms. The Balaban J connectivity index is 5.61. The Kier molecular flexibility index (Phi) is 7.96. The van der Waals surface area contributed by atoms with Crippen molar-refractivity contribution in [2.45, 2.75) is 54.6 Å². The number of hydrogen-bond acceptors (Lipinski definition) is 4. The SMILES string of the molecule is COC(=O)C(CCC(F)(F)C(F)(F)C(F)(F)F)S(=O)(=O)CCC(F)(F)C(F)(F)F. The topological polar surface area (TPSA) is 60.4 Å². The molecule has 174 valence electrons. The fraction of sp³-hybridized carbons (Fsp3) is 0.917. The van der Waals surface area contributed by atoms with Gasteiger partial charge in [-0.2, -0.15) is 52.7 Å². The maximum atomic E-state index is 13.3. The minimum Gasteiger partial charge on any atom is -0.468 e. The summed E-state index contributed by atoms with van der Waals surface area (Å²) in [5, 5.41) is -2.98. The van der Waals surface area contributed by atoms with Gasteiger partial charge >= 0.3 is 36.1 Å². The van der Waals surface area contributed by atoms with Crippen LogP contribution in [0.5, 0.6) is 0 Å². The van der Waals surface area contributed by atoms with Gasteiger partial charge in [0.05, 0.1) is 12.9 Å². The Morgan fingerprint density at radius 3 is 1.59 bits per heavy atom. The highest BCUT2D eigenvalue weighted by atomic mass is 32.2. The standard InChI is InChI=1S/C12H12F12O4S/c1-28-7(25)6(2-3-8(13,14)10(17,18)12(22,23)24)29(26,27)5-4-9(15,16)11(19,20)21/h6H,2-5H2,1H3. The van der Waals surface area contributed by atoms with Crippen LogP contribution in [0.2, 0.25) is 0 Å². The van der Waals surface area contributed by atoms with Gasteiger partial charge in [0.2, 0.25) is 0 Å². The van der Waals surface area contributed by atoms with Crippen molar-refractivity contribution in [2.75, 3.05) is 12.9 Å². The largest absolute Gasteiger partial charge is 0.468 e. The molecular formula is C12H12F12O4S. The third-order valence-electron chi connectivity index (χ3n) is 3.55. The molecule has 0 aromatic heterocycles. The molecule has 0 N–H and O–H groups in total. The lowest BCUT2D eigenvalue weighted by Crippen LogP contribution is -2.52. The number of esters is 1. The summed E-state index contributed by atoms with van der Waals surface area (Å²) in [5.74, 6) is -22.3. The number of methoxy groups -OCH3 is 1. The van der Waals surface area contributed by atoms with Crippen molar-refractivity contribution in [3.63, 3.8) is 0 Å². The van der Waals surface area contributed by atoms with E-state index in [9.17, 15) is 65.9 Å². The zero-order valence-corrected chi connectivity index (χ0v) is 14.8. The predicted molar refractivity (Wildman–Crippen MR) is 70.4 cm³/mol. The predicted octanol–water partition coefficient (Wildman–Crippen LogP) is 4.14. The number of halogens is 12. The molecule has 0 aliphatic heterocycles. The lowest BCUT2D eigenvalue weighted by atomic mass is 10.0. The summed E-state index contributed by atoms with van der Waals surface area (Å²) in [7, 11) is -5.02. The number of hydrogen-bond donors (Lipinski definition) is 0. The Bertz CT molecular complexity index is 680. The zero-order chi connectivity index (χ0) is 23.7. The van der Waals surface area contributed by atoms with Crippen LogP contribution < -0.4 is 0 Å². The van der Waals surface area contributed by atoms with Gasteiger partial charge in [0.15, 0.2) is 15.1 Å². The van der Waals surface area contributed by atoms with E-state index in [2.05, 4.69) is 4.74 Å². The van der Waals surface area contributed by atoms with Crippen LogP contribution in [0.1, 0.15) is 19.3 Å². The van der Waals surface area contributed by atoms with Crippen LogP contribution in [-0.2, 0) is 19.4 Å². The van der Waals surface area contributed by atoms with Crippen molar-refractivity contribution in [1.29, 1.82) is 0 Å². The van der Waals surface area contributed by atoms with E-state index in [0.29, 0.717) is 7.11 Å². The second-order valence-corrected chi connectivity index (χ2v) is 7.95. The molecule has 0 rings (SSSR count). The van der Waals surface area contributed by atoms with Gasteiger partial charge in [0.1, 0.15) is 0 Å². The molecular weight excluding hydrogens is 468 g/mol. The Morgan fingerprint density at radius 1 is 0.793 bits per heavy atom. The summed E-state index contributed by atoms with van der Waals surface area (Å²) in [6, 6.07) is 0. The molecule has 0 amide bonds. The molecule has 0 bridgehead atoms. The molecule has 1 unspecified atom stereocenters. The Morgan fingerprint density at radius 2 is 1.24 bits per heavy atom. The van der Waals surface area contributed by atoms with Crippen LogP contribution in [0.15, 0.2) is 0 Å². The third-order valence-corrected chi connectivity index (χ3v) is 5.62. The van der Waals surface area contributed by atoms with Crippen molar-refractivity contribution >= 4 is 15.8 Å². The van der Waals surface area contributed by atoms with Crippen LogP contribution in [-0.4, -0.2) is 62.6 Å². The lowest BCUT2D eigenvalue weighted by molar-refractivity contribution is -0.355. The maximum Gasteiger partial charge on any atom is 0.459 e. The molecule has 0 aliphatic rings. The maximum absolute atomic E-state index is 13.3. The first-order chi connectivity index (χ1) is 12.5. The average Bonchev–Trinajstić information content (AvgIpc) is 2.50. The summed E-state index contributed by atoms with van der Waals surface area (Å²) in [6.07, 6.45) is -20.0. The van der Waals surface area contributed by atoms with Gasteiger partial charge < -0.3 is 4.74 Å². The van der Waals surface area contributed by atoms with Gasteiger partial charge in [-0.1, -0.05) is 0 Å². The van der Waals surface area contributed by atoms with Crippen LogP contribution >= 0.6 is 0 Å². The van der Waals surface area contributed by atoms with Gasteiger partial charge in [-0.05, 0) is 6.42 Å². The minimum absolute atomic E-state index is 0.428. The van der Waals surface area contributed by atoms with E-state index in [1.165, 1.54) is 0 Å². The monoisotopic (exact) mass is 480 g/mol. The molecule has 4 nitrogen and oxygen atoms in total. The normalized spacial score (nSPS) is 15.9. The van der Waals surface area contributed by atoms with E-state index < -0.39 is 76.2 Å². The number of carbonyl (C=O) groups is 1. The van der Waals surface area contributed by atoms with Gasteiger partial charge in [0.25, 0.3) is 0 Å². The van der Waals surface area contributed by atoms with Gasteiger partial charge in [-0.3, -0.25) is 4.79 Å². The molecule has 0 aromatic carbocycles. The molecule has 0 aromatic rings. The quantitative estimate of drug-likeness (QED) is 0.368. The second-order valence-electron chi connectivity index (χ2n) is 5.65. The van der Waals surface area contributed by atoms with Crippen LogP contribution in [0.3, 0.4) is 0 Å². The Labute approximate surface area is 155 Å². The van der Waals surface area contributed by atoms with Crippen molar-refractivity contribution in [3.8, 4) is 0 Å². The van der Waals surface area contributed by atoms with Crippen LogP contribution in [0.4, 0.5) is 52.7 Å². The fourth-order valence-corrected chi connectivity index (χ4v) is 3.50. The van der Waals surface area contributed by atoms with Gasteiger partial charge in [-0.25, -0.2) is 8.42 Å². The van der Waals surface area contributed by atoms with Crippen LogP contribution in [0, 0.1) is 0 Å². The van der Waals surface area contributed by atoms with E-state index in [1.54, 1.807) is 0 Å². The van der Waals surface area contributed by atoms with E-state index in [-0.39, 0.29) is 0 Å². The summed E-state index contributed by atoms with van der Waals surface area (Å²) in [4.78, 5) is 11.4. The molecule has 0 spiro atoms. The van der Waals surface area contributed by atoms with Gasteiger partial charge in [0, 0.05) is 12.8 Å². The summed E-state index contributed by atoms with van der Waals surface area (Å²) < 4.78 is 178. The van der Waals surface area contributed by atoms with Crippen molar-refractivity contribution < 1.29 is 70.6 Å². The average molecular weight is 480 g/mol. The summed E-state index contributed by atoms with van der Waals surface area (Å²) in [5.41, 5.74) is 0. The van der Waals surface area contributed by atoms with E-state index >= 15 is 0 Å². The highest BCUT2D eigenvalue weighted by Gasteiger charge is 2.72. The van der Waals surface area contributed by atoms with E-state index in [1.807, 2.05) is 0 Å². The first-order valence-electron chi connectivity index (χ1n) is 7.10. The highest BCUT2D eigenvalue weighted by molar-refractivity contribution is 7.92. The minimum atomic E-state index is -6.76. The smallest absolute Gasteiger partial charge is 0.459 e. The number of rotatable bonds is 9.